The van der Waals surface area contributed by atoms with Crippen LogP contribution in [0.25, 0.3) is 11.0 Å². The second-order valence-electron chi connectivity index (χ2n) is 5.56. The number of hydrogen-bond donors (Lipinski definition) is 0. The molecule has 0 N–H and O–H groups in total. The maximum atomic E-state index is 6.34. The number of imidazole rings is 2. The third-order valence-corrected chi connectivity index (χ3v) is 3.90. The van der Waals surface area contributed by atoms with Crippen LogP contribution in [0.3, 0.4) is 0 Å². The molecule has 2 atom stereocenters. The van der Waals surface area contributed by atoms with Crippen molar-refractivity contribution in [3.63, 3.8) is 0 Å². The van der Waals surface area contributed by atoms with Crippen molar-refractivity contribution >= 4 is 22.6 Å². The molecule has 4 nitrogen and oxygen atoms in total. The highest BCUT2D eigenvalue weighted by Gasteiger charge is 2.19. The maximum absolute atomic E-state index is 6.34. The van der Waals surface area contributed by atoms with Gasteiger partial charge in [-0.1, -0.05) is 6.07 Å². The number of nitrogens with zero attached hydrogens (tertiary/aromatic N) is 4. The van der Waals surface area contributed by atoms with Crippen molar-refractivity contribution < 1.29 is 0 Å². The standard InChI is InChI=1S/C16H19ClN4/c1-11-4-5-15-14(8-11)19-16(13(3)17)21(15)12(2)9-20-7-6-18-10-20/h4-8,10,12-13H,9H2,1-3H3. The van der Waals surface area contributed by atoms with Crippen LogP contribution in [0.1, 0.15) is 36.7 Å². The topological polar surface area (TPSA) is 35.6 Å². The van der Waals surface area contributed by atoms with Gasteiger partial charge in [-0.3, -0.25) is 0 Å². The Kier molecular flexibility index (Phi) is 3.72. The monoisotopic (exact) mass is 302 g/mol. The van der Waals surface area contributed by atoms with E-state index in [0.29, 0.717) is 0 Å². The van der Waals surface area contributed by atoms with Crippen molar-refractivity contribution in [2.45, 2.75) is 38.7 Å². The van der Waals surface area contributed by atoms with Crippen molar-refractivity contribution in [2.75, 3.05) is 0 Å². The average Bonchev–Trinajstić information content (AvgIpc) is 3.04. The van der Waals surface area contributed by atoms with Crippen LogP contribution in [0.15, 0.2) is 36.9 Å². The van der Waals surface area contributed by atoms with Crippen molar-refractivity contribution in [3.05, 3.63) is 48.3 Å². The van der Waals surface area contributed by atoms with Crippen LogP contribution in [-0.4, -0.2) is 19.1 Å². The Morgan fingerprint density at radius 1 is 1.29 bits per heavy atom. The average molecular weight is 303 g/mol. The van der Waals surface area contributed by atoms with Crippen LogP contribution in [-0.2, 0) is 6.54 Å². The third-order valence-electron chi connectivity index (χ3n) is 3.70. The van der Waals surface area contributed by atoms with Gasteiger partial charge < -0.3 is 9.13 Å². The van der Waals surface area contributed by atoms with Crippen molar-refractivity contribution in [3.8, 4) is 0 Å². The molecule has 0 aliphatic heterocycles. The molecule has 0 saturated carbocycles. The zero-order chi connectivity index (χ0) is 15.0. The van der Waals surface area contributed by atoms with Gasteiger partial charge in [0.15, 0.2) is 0 Å². The molecular formula is C16H19ClN4. The van der Waals surface area contributed by atoms with E-state index in [-0.39, 0.29) is 11.4 Å². The summed E-state index contributed by atoms with van der Waals surface area (Å²) in [6.07, 6.45) is 5.61. The Labute approximate surface area is 129 Å². The normalized spacial score (nSPS) is 14.5. The van der Waals surface area contributed by atoms with E-state index in [4.69, 9.17) is 16.6 Å². The minimum atomic E-state index is -0.122. The SMILES string of the molecule is Cc1ccc2c(c1)nc(C(C)Cl)n2C(C)Cn1ccnc1. The lowest BCUT2D eigenvalue weighted by atomic mass is 10.2. The van der Waals surface area contributed by atoms with Gasteiger partial charge in [0.1, 0.15) is 5.82 Å². The lowest BCUT2D eigenvalue weighted by molar-refractivity contribution is 0.460. The molecule has 2 heterocycles. The number of aromatic nitrogens is 4. The largest absolute Gasteiger partial charge is 0.335 e. The highest BCUT2D eigenvalue weighted by molar-refractivity contribution is 6.20. The lowest BCUT2D eigenvalue weighted by Crippen LogP contribution is -2.15. The van der Waals surface area contributed by atoms with Gasteiger partial charge in [0.05, 0.1) is 28.8 Å². The number of fused-ring (bicyclic) bond motifs is 1. The van der Waals surface area contributed by atoms with Crippen LogP contribution in [0.4, 0.5) is 0 Å². The summed E-state index contributed by atoms with van der Waals surface area (Å²) in [4.78, 5) is 8.83. The molecule has 0 bridgehead atoms. The van der Waals surface area contributed by atoms with E-state index in [1.165, 1.54) is 5.56 Å². The molecule has 3 aromatic rings. The Bertz CT molecular complexity index is 743. The third kappa shape index (κ3) is 2.68. The summed E-state index contributed by atoms with van der Waals surface area (Å²) in [5.74, 6) is 0.921. The number of rotatable bonds is 4. The van der Waals surface area contributed by atoms with E-state index < -0.39 is 0 Å². The second kappa shape index (κ2) is 5.53. The molecule has 0 radical (unpaired) electrons. The Morgan fingerprint density at radius 2 is 2.10 bits per heavy atom. The molecule has 2 unspecified atom stereocenters. The van der Waals surface area contributed by atoms with Crippen LogP contribution >= 0.6 is 11.6 Å². The molecule has 0 amide bonds. The molecule has 0 aliphatic carbocycles. The number of aryl methyl sites for hydroxylation is 1. The first-order valence-electron chi connectivity index (χ1n) is 7.14. The summed E-state index contributed by atoms with van der Waals surface area (Å²) in [5.41, 5.74) is 3.36. The smallest absolute Gasteiger partial charge is 0.128 e. The molecule has 2 aromatic heterocycles. The zero-order valence-electron chi connectivity index (χ0n) is 12.5. The maximum Gasteiger partial charge on any atom is 0.128 e. The van der Waals surface area contributed by atoms with Gasteiger partial charge in [-0.05, 0) is 38.5 Å². The molecule has 0 fully saturated rings. The Hall–Kier alpha value is -1.81. The van der Waals surface area contributed by atoms with Gasteiger partial charge in [-0.25, -0.2) is 9.97 Å². The minimum Gasteiger partial charge on any atom is -0.335 e. The first-order valence-corrected chi connectivity index (χ1v) is 7.58. The molecule has 1 aromatic carbocycles. The molecule has 0 saturated heterocycles. The molecule has 5 heteroatoms. The van der Waals surface area contributed by atoms with E-state index >= 15 is 0 Å². The summed E-state index contributed by atoms with van der Waals surface area (Å²) >= 11 is 6.34. The number of benzene rings is 1. The lowest BCUT2D eigenvalue weighted by Gasteiger charge is -2.19. The minimum absolute atomic E-state index is 0.122. The predicted octanol–water partition coefficient (Wildman–Crippen LogP) is 4.10. The van der Waals surface area contributed by atoms with Gasteiger partial charge >= 0.3 is 0 Å². The van der Waals surface area contributed by atoms with E-state index in [2.05, 4.69) is 46.2 Å². The summed E-state index contributed by atoms with van der Waals surface area (Å²) in [5, 5.41) is -0.122. The summed E-state index contributed by atoms with van der Waals surface area (Å²) in [7, 11) is 0. The zero-order valence-corrected chi connectivity index (χ0v) is 13.2. The van der Waals surface area contributed by atoms with Crippen LogP contribution in [0.5, 0.6) is 0 Å². The fourth-order valence-corrected chi connectivity index (χ4v) is 2.91. The first-order chi connectivity index (χ1) is 10.1. The van der Waals surface area contributed by atoms with Gasteiger partial charge in [0.2, 0.25) is 0 Å². The molecular weight excluding hydrogens is 284 g/mol. The number of alkyl halides is 1. The summed E-state index contributed by atoms with van der Waals surface area (Å²) in [6.45, 7) is 7.08. The van der Waals surface area contributed by atoms with Gasteiger partial charge in [0, 0.05) is 18.9 Å². The van der Waals surface area contributed by atoms with Gasteiger partial charge in [0.25, 0.3) is 0 Å². The highest BCUT2D eigenvalue weighted by Crippen LogP contribution is 2.29. The number of halogens is 1. The first kappa shape index (κ1) is 14.1. The van der Waals surface area contributed by atoms with Crippen molar-refractivity contribution in [1.82, 2.24) is 19.1 Å². The Morgan fingerprint density at radius 3 is 2.76 bits per heavy atom. The van der Waals surface area contributed by atoms with E-state index in [1.807, 2.05) is 19.4 Å². The molecule has 110 valence electrons. The van der Waals surface area contributed by atoms with Gasteiger partial charge in [-0.2, -0.15) is 0 Å². The van der Waals surface area contributed by atoms with Crippen LogP contribution in [0, 0.1) is 6.92 Å². The van der Waals surface area contributed by atoms with E-state index in [9.17, 15) is 0 Å². The van der Waals surface area contributed by atoms with Crippen molar-refractivity contribution in [1.29, 1.82) is 0 Å². The Balaban J connectivity index is 2.08. The fourth-order valence-electron chi connectivity index (χ4n) is 2.75. The molecule has 3 rings (SSSR count). The summed E-state index contributed by atoms with van der Waals surface area (Å²) < 4.78 is 4.32. The van der Waals surface area contributed by atoms with E-state index in [1.54, 1.807) is 6.20 Å². The summed E-state index contributed by atoms with van der Waals surface area (Å²) in [6, 6.07) is 6.61. The van der Waals surface area contributed by atoms with Crippen molar-refractivity contribution in [2.24, 2.45) is 0 Å². The quantitative estimate of drug-likeness (QED) is 0.680. The molecule has 21 heavy (non-hydrogen) atoms. The highest BCUT2D eigenvalue weighted by atomic mass is 35.5. The van der Waals surface area contributed by atoms with Crippen LogP contribution < -0.4 is 0 Å². The molecule has 0 aliphatic rings. The number of hydrogen-bond acceptors (Lipinski definition) is 2. The fraction of sp³-hybridized carbons (Fsp3) is 0.375. The van der Waals surface area contributed by atoms with E-state index in [0.717, 1.165) is 23.4 Å². The van der Waals surface area contributed by atoms with Crippen LogP contribution in [0.2, 0.25) is 0 Å². The predicted molar refractivity (Wildman–Crippen MR) is 85.7 cm³/mol. The van der Waals surface area contributed by atoms with Gasteiger partial charge in [-0.15, -0.1) is 11.6 Å². The second-order valence-corrected chi connectivity index (χ2v) is 6.21. The molecule has 0 spiro atoms.